The van der Waals surface area contributed by atoms with Gasteiger partial charge in [-0.05, 0) is 18.2 Å². The number of benzene rings is 1. The number of terminal acetylenes is 1. The highest BCUT2D eigenvalue weighted by Crippen LogP contribution is 2.13. The van der Waals surface area contributed by atoms with Gasteiger partial charge in [-0.2, -0.15) is 0 Å². The van der Waals surface area contributed by atoms with Gasteiger partial charge < -0.3 is 16.0 Å². The summed E-state index contributed by atoms with van der Waals surface area (Å²) in [7, 11) is 3.75. The predicted molar refractivity (Wildman–Crippen MR) is 74.7 cm³/mol. The van der Waals surface area contributed by atoms with Crippen molar-refractivity contribution < 1.29 is 9.59 Å². The molecule has 0 aliphatic rings. The molecule has 0 radical (unpaired) electrons. The first kappa shape index (κ1) is 14.6. The number of primary amides is 1. The smallest absolute Gasteiger partial charge is 0.252 e. The number of carbonyl (C=O) groups is 2. The van der Waals surface area contributed by atoms with Crippen molar-refractivity contribution in [3.8, 4) is 12.3 Å². The first-order valence-electron chi connectivity index (χ1n) is 5.76. The van der Waals surface area contributed by atoms with Crippen LogP contribution >= 0.6 is 0 Å². The lowest BCUT2D eigenvalue weighted by atomic mass is 10.1. The van der Waals surface area contributed by atoms with Crippen molar-refractivity contribution in [1.29, 1.82) is 0 Å². The van der Waals surface area contributed by atoms with Crippen molar-refractivity contribution in [2.45, 2.75) is 12.5 Å². The molecule has 19 heavy (non-hydrogen) atoms. The fourth-order valence-electron chi connectivity index (χ4n) is 1.51. The summed E-state index contributed by atoms with van der Waals surface area (Å²) >= 11 is 0. The molecule has 2 amide bonds. The number of hydrogen-bond donors (Lipinski definition) is 2. The molecule has 0 spiro atoms. The number of hydrogen-bond acceptors (Lipinski definition) is 3. The Hall–Kier alpha value is -2.48. The van der Waals surface area contributed by atoms with Crippen LogP contribution in [0.1, 0.15) is 16.8 Å². The van der Waals surface area contributed by atoms with Crippen LogP contribution < -0.4 is 16.0 Å². The number of nitrogens with one attached hydrogen (secondary N) is 1. The molecule has 1 rings (SSSR count). The number of carbonyl (C=O) groups excluding carboxylic acids is 2. The zero-order valence-corrected chi connectivity index (χ0v) is 11.0. The van der Waals surface area contributed by atoms with Crippen LogP contribution in [-0.4, -0.2) is 32.0 Å². The fraction of sp³-hybridized carbons (Fsp3) is 0.286. The van der Waals surface area contributed by atoms with Gasteiger partial charge in [-0.3, -0.25) is 9.59 Å². The maximum atomic E-state index is 12.0. The quantitative estimate of drug-likeness (QED) is 0.750. The Morgan fingerprint density at radius 3 is 2.68 bits per heavy atom. The van der Waals surface area contributed by atoms with E-state index in [2.05, 4.69) is 11.2 Å². The highest BCUT2D eigenvalue weighted by atomic mass is 16.2. The summed E-state index contributed by atoms with van der Waals surface area (Å²) < 4.78 is 0. The number of anilines is 1. The Balaban J connectivity index is 2.86. The molecule has 0 saturated heterocycles. The molecule has 1 atom stereocenters. The van der Waals surface area contributed by atoms with Gasteiger partial charge in [0.05, 0.1) is 0 Å². The number of rotatable bonds is 5. The number of amides is 2. The third-order valence-corrected chi connectivity index (χ3v) is 2.60. The van der Waals surface area contributed by atoms with Gasteiger partial charge >= 0.3 is 0 Å². The molecule has 1 unspecified atom stereocenters. The van der Waals surface area contributed by atoms with E-state index in [1.807, 2.05) is 25.1 Å². The largest absolute Gasteiger partial charge is 0.378 e. The van der Waals surface area contributed by atoms with Gasteiger partial charge in [0.25, 0.3) is 5.91 Å². The molecule has 0 aliphatic heterocycles. The van der Waals surface area contributed by atoms with Crippen LogP contribution in [0.2, 0.25) is 0 Å². The highest BCUT2D eigenvalue weighted by Gasteiger charge is 2.18. The fourth-order valence-corrected chi connectivity index (χ4v) is 1.51. The molecule has 0 aliphatic carbocycles. The van der Waals surface area contributed by atoms with Crippen molar-refractivity contribution in [2.75, 3.05) is 19.0 Å². The van der Waals surface area contributed by atoms with E-state index in [1.165, 1.54) is 0 Å². The Morgan fingerprint density at radius 1 is 1.47 bits per heavy atom. The van der Waals surface area contributed by atoms with Crippen molar-refractivity contribution in [3.05, 3.63) is 29.8 Å². The third-order valence-electron chi connectivity index (χ3n) is 2.60. The summed E-state index contributed by atoms with van der Waals surface area (Å²) in [5.74, 6) is 1.30. The zero-order valence-electron chi connectivity index (χ0n) is 11.0. The second-order valence-electron chi connectivity index (χ2n) is 4.28. The minimum absolute atomic E-state index is 0.0778. The average Bonchev–Trinajstić information content (AvgIpc) is 2.38. The van der Waals surface area contributed by atoms with Crippen LogP contribution in [0.15, 0.2) is 24.3 Å². The molecular weight excluding hydrogens is 242 g/mol. The molecule has 0 aromatic heterocycles. The summed E-state index contributed by atoms with van der Waals surface area (Å²) in [5, 5.41) is 2.53. The maximum Gasteiger partial charge on any atom is 0.252 e. The zero-order chi connectivity index (χ0) is 14.4. The van der Waals surface area contributed by atoms with Crippen LogP contribution in [0.5, 0.6) is 0 Å². The maximum absolute atomic E-state index is 12.0. The second-order valence-corrected chi connectivity index (χ2v) is 4.28. The topological polar surface area (TPSA) is 75.4 Å². The molecule has 5 heteroatoms. The van der Waals surface area contributed by atoms with Gasteiger partial charge in [0.2, 0.25) is 5.91 Å². The summed E-state index contributed by atoms with van der Waals surface area (Å²) in [6.07, 6.45) is 5.21. The summed E-state index contributed by atoms with van der Waals surface area (Å²) in [4.78, 5) is 25.0. The summed E-state index contributed by atoms with van der Waals surface area (Å²) in [6.45, 7) is 0. The van der Waals surface area contributed by atoms with E-state index >= 15 is 0 Å². The van der Waals surface area contributed by atoms with Crippen molar-refractivity contribution in [1.82, 2.24) is 5.32 Å². The molecule has 0 heterocycles. The molecule has 0 fully saturated rings. The normalized spacial score (nSPS) is 11.2. The van der Waals surface area contributed by atoms with E-state index in [0.29, 0.717) is 5.56 Å². The highest BCUT2D eigenvalue weighted by molar-refractivity contribution is 5.98. The van der Waals surface area contributed by atoms with Crippen LogP contribution in [0.25, 0.3) is 0 Å². The molecule has 5 nitrogen and oxygen atoms in total. The van der Waals surface area contributed by atoms with Crippen LogP contribution in [0, 0.1) is 12.3 Å². The van der Waals surface area contributed by atoms with Crippen LogP contribution in [-0.2, 0) is 4.79 Å². The van der Waals surface area contributed by atoms with E-state index in [9.17, 15) is 9.59 Å². The molecule has 100 valence electrons. The second kappa shape index (κ2) is 6.45. The summed E-state index contributed by atoms with van der Waals surface area (Å²) in [5.41, 5.74) is 6.51. The number of nitrogens with two attached hydrogens (primary N) is 1. The van der Waals surface area contributed by atoms with Gasteiger partial charge in [-0.25, -0.2) is 0 Å². The molecule has 0 saturated carbocycles. The first-order valence-corrected chi connectivity index (χ1v) is 5.76. The van der Waals surface area contributed by atoms with Gasteiger partial charge in [0.1, 0.15) is 6.04 Å². The van der Waals surface area contributed by atoms with Crippen molar-refractivity contribution in [3.63, 3.8) is 0 Å². The predicted octanol–water partition coefficient (Wildman–Crippen LogP) is 0.360. The lowest BCUT2D eigenvalue weighted by molar-refractivity contribution is -0.119. The Morgan fingerprint density at radius 2 is 2.16 bits per heavy atom. The minimum Gasteiger partial charge on any atom is -0.378 e. The van der Waals surface area contributed by atoms with Crippen molar-refractivity contribution in [2.24, 2.45) is 5.73 Å². The Bertz CT molecular complexity index is 518. The SMILES string of the molecule is C#CCC(NC(=O)c1cccc(N(C)C)c1)C(N)=O. The van der Waals surface area contributed by atoms with E-state index < -0.39 is 11.9 Å². The van der Waals surface area contributed by atoms with Gasteiger partial charge in [0.15, 0.2) is 0 Å². The van der Waals surface area contributed by atoms with Gasteiger partial charge in [-0.1, -0.05) is 6.07 Å². The average molecular weight is 259 g/mol. The van der Waals surface area contributed by atoms with Crippen molar-refractivity contribution >= 4 is 17.5 Å². The Kier molecular flexibility index (Phi) is 4.95. The monoisotopic (exact) mass is 259 g/mol. The molecule has 1 aromatic carbocycles. The molecule has 3 N–H and O–H groups in total. The first-order chi connectivity index (χ1) is 8.95. The number of nitrogens with zero attached hydrogens (tertiary/aromatic N) is 1. The molecule has 0 bridgehead atoms. The van der Waals surface area contributed by atoms with E-state index in [1.54, 1.807) is 18.2 Å². The van der Waals surface area contributed by atoms with Crippen LogP contribution in [0.4, 0.5) is 5.69 Å². The third kappa shape index (κ3) is 4.03. The lowest BCUT2D eigenvalue weighted by Gasteiger charge is -2.15. The van der Waals surface area contributed by atoms with E-state index in [0.717, 1.165) is 5.69 Å². The minimum atomic E-state index is -0.847. The van der Waals surface area contributed by atoms with Gasteiger partial charge in [0, 0.05) is 31.8 Å². The molecule has 1 aromatic rings. The molecular formula is C14H17N3O2. The van der Waals surface area contributed by atoms with E-state index in [4.69, 9.17) is 12.2 Å². The van der Waals surface area contributed by atoms with E-state index in [-0.39, 0.29) is 12.3 Å². The Labute approximate surface area is 112 Å². The summed E-state index contributed by atoms with van der Waals surface area (Å²) in [6, 6.07) is 6.19. The standard InChI is InChI=1S/C14H17N3O2/c1-4-6-12(13(15)18)16-14(19)10-7-5-8-11(9-10)17(2)3/h1,5,7-9,12H,6H2,2-3H3,(H2,15,18)(H,16,19). The van der Waals surface area contributed by atoms with Gasteiger partial charge in [-0.15, -0.1) is 12.3 Å². The lowest BCUT2D eigenvalue weighted by Crippen LogP contribution is -2.44. The van der Waals surface area contributed by atoms with Crippen LogP contribution in [0.3, 0.4) is 0 Å².